The van der Waals surface area contributed by atoms with E-state index in [1.165, 1.54) is 7.05 Å². The van der Waals surface area contributed by atoms with Crippen LogP contribution in [0.25, 0.3) is 0 Å². The van der Waals surface area contributed by atoms with E-state index in [1.54, 1.807) is 24.3 Å². The average Bonchev–Trinajstić information content (AvgIpc) is 2.75. The maximum absolute atomic E-state index is 12.9. The number of aromatic nitrogens is 2. The van der Waals surface area contributed by atoms with Crippen LogP contribution in [-0.2, 0) is 19.0 Å². The highest BCUT2D eigenvalue weighted by atomic mass is 35.5. The molecule has 1 aromatic heterocycles. The molecule has 2 aromatic rings. The van der Waals surface area contributed by atoms with Crippen molar-refractivity contribution in [1.82, 2.24) is 9.78 Å². The summed E-state index contributed by atoms with van der Waals surface area (Å²) in [6, 6.07) is 7.06. The summed E-state index contributed by atoms with van der Waals surface area (Å²) in [6.07, 6.45) is -3.89. The number of rotatable bonds is 4. The molecular formula is C13H11ClF3N3OS. The van der Waals surface area contributed by atoms with E-state index in [0.717, 1.165) is 28.2 Å². The van der Waals surface area contributed by atoms with Gasteiger partial charge in [-0.2, -0.15) is 18.3 Å². The third-order valence-corrected chi connectivity index (χ3v) is 4.39. The number of benzene rings is 1. The molecule has 0 aliphatic rings. The van der Waals surface area contributed by atoms with Crippen LogP contribution >= 0.6 is 23.4 Å². The van der Waals surface area contributed by atoms with Crippen LogP contribution in [0.3, 0.4) is 0 Å². The Morgan fingerprint density at radius 2 is 2.09 bits per heavy atom. The average molecular weight is 350 g/mol. The standard InChI is InChI=1S/C13H11ClF3N3OS/c1-20-12(22-7-8-4-2-3-5-10(8)14)9(6-18-21)11(19-20)13(15,16)17/h2-6,21H,7H2,1H3/b18-6-. The smallest absolute Gasteiger partial charge is 0.411 e. The summed E-state index contributed by atoms with van der Waals surface area (Å²) in [7, 11) is 1.40. The molecule has 0 saturated heterocycles. The van der Waals surface area contributed by atoms with Crippen molar-refractivity contribution in [1.29, 1.82) is 0 Å². The highest BCUT2D eigenvalue weighted by Gasteiger charge is 2.38. The number of oxime groups is 1. The summed E-state index contributed by atoms with van der Waals surface area (Å²) in [5.74, 6) is 0.364. The molecule has 0 unspecified atom stereocenters. The molecule has 0 bridgehead atoms. The van der Waals surface area contributed by atoms with Crippen molar-refractivity contribution in [2.45, 2.75) is 17.0 Å². The van der Waals surface area contributed by atoms with Crippen LogP contribution in [-0.4, -0.2) is 21.2 Å². The summed E-state index contributed by atoms with van der Waals surface area (Å²) in [4.78, 5) is 0. The molecule has 0 amide bonds. The highest BCUT2D eigenvalue weighted by Crippen LogP contribution is 2.36. The van der Waals surface area contributed by atoms with Gasteiger partial charge in [0.25, 0.3) is 0 Å². The van der Waals surface area contributed by atoms with Gasteiger partial charge >= 0.3 is 6.18 Å². The van der Waals surface area contributed by atoms with Gasteiger partial charge in [0.1, 0.15) is 5.03 Å². The molecule has 118 valence electrons. The van der Waals surface area contributed by atoms with Gasteiger partial charge in [0.15, 0.2) is 5.69 Å². The molecule has 1 N–H and O–H groups in total. The SMILES string of the molecule is Cn1nc(C(F)(F)F)c(/C=N\O)c1SCc1ccccc1Cl. The minimum atomic E-state index is -4.63. The van der Waals surface area contributed by atoms with E-state index in [9.17, 15) is 13.2 Å². The Morgan fingerprint density at radius 1 is 1.41 bits per heavy atom. The van der Waals surface area contributed by atoms with Crippen LogP contribution < -0.4 is 0 Å². The quantitative estimate of drug-likeness (QED) is 0.389. The Hall–Kier alpha value is -1.67. The Labute approximate surface area is 133 Å². The Bertz CT molecular complexity index is 700. The molecule has 9 heteroatoms. The van der Waals surface area contributed by atoms with Crippen LogP contribution in [0, 0.1) is 0 Å². The van der Waals surface area contributed by atoms with Gasteiger partial charge in [0.05, 0.1) is 11.8 Å². The summed E-state index contributed by atoms with van der Waals surface area (Å²) >= 11 is 7.16. The summed E-state index contributed by atoms with van der Waals surface area (Å²) in [6.45, 7) is 0. The molecule has 0 atom stereocenters. The van der Waals surface area contributed by atoms with Crippen LogP contribution in [0.4, 0.5) is 13.2 Å². The fourth-order valence-corrected chi connectivity index (χ4v) is 3.20. The number of halogens is 4. The molecule has 0 spiro atoms. The number of aryl methyl sites for hydroxylation is 1. The minimum absolute atomic E-state index is 0.241. The molecule has 1 aromatic carbocycles. The zero-order valence-corrected chi connectivity index (χ0v) is 12.9. The van der Waals surface area contributed by atoms with Gasteiger partial charge in [-0.3, -0.25) is 4.68 Å². The molecule has 0 radical (unpaired) electrons. The predicted molar refractivity (Wildman–Crippen MR) is 78.6 cm³/mol. The van der Waals surface area contributed by atoms with Crippen molar-refractivity contribution in [3.05, 3.63) is 46.1 Å². The van der Waals surface area contributed by atoms with Gasteiger partial charge in [-0.15, -0.1) is 11.8 Å². The number of hydrogen-bond acceptors (Lipinski definition) is 4. The first-order chi connectivity index (χ1) is 10.3. The molecule has 2 rings (SSSR count). The molecule has 0 fully saturated rings. The summed E-state index contributed by atoms with van der Waals surface area (Å²) in [5, 5.41) is 15.6. The highest BCUT2D eigenvalue weighted by molar-refractivity contribution is 7.98. The largest absolute Gasteiger partial charge is 0.435 e. The third kappa shape index (κ3) is 3.56. The van der Waals surface area contributed by atoms with Crippen LogP contribution in [0.1, 0.15) is 16.8 Å². The van der Waals surface area contributed by atoms with E-state index in [4.69, 9.17) is 16.8 Å². The molecular weight excluding hydrogens is 339 g/mol. The fraction of sp³-hybridized carbons (Fsp3) is 0.231. The molecule has 22 heavy (non-hydrogen) atoms. The van der Waals surface area contributed by atoms with Crippen molar-refractivity contribution in [3.63, 3.8) is 0 Å². The second-order valence-electron chi connectivity index (χ2n) is 4.31. The fourth-order valence-electron chi connectivity index (χ4n) is 1.84. The van der Waals surface area contributed by atoms with Gasteiger partial charge in [-0.1, -0.05) is 35.0 Å². The second kappa shape index (κ2) is 6.62. The van der Waals surface area contributed by atoms with Crippen molar-refractivity contribution < 1.29 is 18.4 Å². The van der Waals surface area contributed by atoms with Crippen LogP contribution in [0.5, 0.6) is 0 Å². The van der Waals surface area contributed by atoms with E-state index in [-0.39, 0.29) is 10.6 Å². The lowest BCUT2D eigenvalue weighted by molar-refractivity contribution is -0.141. The van der Waals surface area contributed by atoms with Gasteiger partial charge in [0.2, 0.25) is 0 Å². The van der Waals surface area contributed by atoms with E-state index in [1.807, 2.05) is 0 Å². The number of nitrogens with zero attached hydrogens (tertiary/aromatic N) is 3. The van der Waals surface area contributed by atoms with E-state index >= 15 is 0 Å². The molecule has 0 saturated carbocycles. The lowest BCUT2D eigenvalue weighted by Gasteiger charge is -2.06. The zero-order valence-electron chi connectivity index (χ0n) is 11.3. The summed E-state index contributed by atoms with van der Waals surface area (Å²) in [5.41, 5.74) is -0.570. The first-order valence-corrected chi connectivity index (χ1v) is 7.38. The van der Waals surface area contributed by atoms with E-state index in [0.29, 0.717) is 10.8 Å². The van der Waals surface area contributed by atoms with Crippen molar-refractivity contribution in [3.8, 4) is 0 Å². The molecule has 0 aliphatic heterocycles. The topological polar surface area (TPSA) is 50.4 Å². The Balaban J connectivity index is 2.35. The number of alkyl halides is 3. The van der Waals surface area contributed by atoms with Crippen LogP contribution in [0.2, 0.25) is 5.02 Å². The van der Waals surface area contributed by atoms with E-state index < -0.39 is 11.9 Å². The predicted octanol–water partition coefficient (Wildman–Crippen LogP) is 4.19. The number of thioether (sulfide) groups is 1. The van der Waals surface area contributed by atoms with Crippen molar-refractivity contribution >= 4 is 29.6 Å². The monoisotopic (exact) mass is 349 g/mol. The van der Waals surface area contributed by atoms with E-state index in [2.05, 4.69) is 10.3 Å². The van der Waals surface area contributed by atoms with Crippen LogP contribution in [0.15, 0.2) is 34.4 Å². The third-order valence-electron chi connectivity index (χ3n) is 2.81. The van der Waals surface area contributed by atoms with Gasteiger partial charge in [-0.25, -0.2) is 0 Å². The van der Waals surface area contributed by atoms with Crippen molar-refractivity contribution in [2.24, 2.45) is 12.2 Å². The Kier molecular flexibility index (Phi) is 5.02. The van der Waals surface area contributed by atoms with Gasteiger partial charge in [-0.05, 0) is 11.6 Å². The molecule has 1 heterocycles. The zero-order chi connectivity index (χ0) is 16.3. The summed E-state index contributed by atoms with van der Waals surface area (Å²) < 4.78 is 39.9. The van der Waals surface area contributed by atoms with Gasteiger partial charge < -0.3 is 5.21 Å². The van der Waals surface area contributed by atoms with Crippen molar-refractivity contribution in [2.75, 3.05) is 0 Å². The molecule has 4 nitrogen and oxygen atoms in total. The first-order valence-electron chi connectivity index (χ1n) is 6.02. The Morgan fingerprint density at radius 3 is 2.68 bits per heavy atom. The minimum Gasteiger partial charge on any atom is -0.411 e. The van der Waals surface area contributed by atoms with Gasteiger partial charge in [0, 0.05) is 17.8 Å². The maximum atomic E-state index is 12.9. The second-order valence-corrected chi connectivity index (χ2v) is 5.68. The lowest BCUT2D eigenvalue weighted by Crippen LogP contribution is -2.09. The lowest BCUT2D eigenvalue weighted by atomic mass is 10.2. The molecule has 0 aliphatic carbocycles. The maximum Gasteiger partial charge on any atom is 0.435 e. The first kappa shape index (κ1) is 16.7. The normalized spacial score (nSPS) is 12.2. The number of hydrogen-bond donors (Lipinski definition) is 1.